The third-order valence-corrected chi connectivity index (χ3v) is 7.60. The van der Waals surface area contributed by atoms with Crippen LogP contribution in [0.15, 0.2) is 89.8 Å². The second-order valence-corrected chi connectivity index (χ2v) is 9.57. The van der Waals surface area contributed by atoms with Crippen LogP contribution in [-0.2, 0) is 14.6 Å². The number of likely N-dealkylation sites (tertiary alicyclic amines) is 1. The fourth-order valence-corrected chi connectivity index (χ4v) is 5.38. The molecule has 0 spiro atoms. The Bertz CT molecular complexity index is 1070. The zero-order chi connectivity index (χ0) is 21.1. The average Bonchev–Trinajstić information content (AvgIpc) is 2.74. The summed E-state index contributed by atoms with van der Waals surface area (Å²) in [4.78, 5) is 15.2. The fraction of sp³-hybridized carbons (Fsp3) is 0.208. The summed E-state index contributed by atoms with van der Waals surface area (Å²) < 4.78 is 30.9. The number of ether oxygens (including phenoxy) is 1. The van der Waals surface area contributed by atoms with E-state index in [0.717, 1.165) is 11.1 Å². The lowest BCUT2D eigenvalue weighted by Gasteiger charge is -2.40. The number of hydrogen-bond donors (Lipinski definition) is 0. The van der Waals surface area contributed by atoms with Crippen LogP contribution in [0.2, 0.25) is 0 Å². The lowest BCUT2D eigenvalue weighted by molar-refractivity contribution is -0.135. The van der Waals surface area contributed by atoms with Gasteiger partial charge in [-0.15, -0.1) is 0 Å². The van der Waals surface area contributed by atoms with Crippen LogP contribution in [0.5, 0.6) is 5.75 Å². The molecule has 1 amide bonds. The van der Waals surface area contributed by atoms with Gasteiger partial charge in [0.25, 0.3) is 0 Å². The van der Waals surface area contributed by atoms with Crippen molar-refractivity contribution in [3.05, 3.63) is 96.1 Å². The molecule has 0 aliphatic carbocycles. The van der Waals surface area contributed by atoms with Gasteiger partial charge in [-0.2, -0.15) is 0 Å². The van der Waals surface area contributed by atoms with Gasteiger partial charge in [-0.1, -0.05) is 60.7 Å². The van der Waals surface area contributed by atoms with Crippen LogP contribution < -0.4 is 4.74 Å². The maximum absolute atomic E-state index is 13.3. The molecule has 0 aromatic heterocycles. The van der Waals surface area contributed by atoms with Gasteiger partial charge in [0, 0.05) is 13.1 Å². The normalized spacial score (nSPS) is 14.4. The Hall–Kier alpha value is -3.12. The molecule has 1 fully saturated rings. The monoisotopic (exact) mass is 421 g/mol. The van der Waals surface area contributed by atoms with Gasteiger partial charge in [0.05, 0.1) is 17.9 Å². The van der Waals surface area contributed by atoms with E-state index in [1.54, 1.807) is 29.2 Å². The Morgan fingerprint density at radius 1 is 0.867 bits per heavy atom. The average molecular weight is 422 g/mol. The molecule has 3 aromatic carbocycles. The Morgan fingerprint density at radius 3 is 1.83 bits per heavy atom. The molecule has 154 valence electrons. The number of carbonyl (C=O) groups excluding carboxylic acids is 1. The molecule has 0 N–H and O–H groups in total. The summed E-state index contributed by atoms with van der Waals surface area (Å²) in [5.41, 5.74) is 1.80. The van der Waals surface area contributed by atoms with Crippen LogP contribution >= 0.6 is 0 Å². The maximum atomic E-state index is 13.3. The van der Waals surface area contributed by atoms with Gasteiger partial charge < -0.3 is 9.64 Å². The van der Waals surface area contributed by atoms with Gasteiger partial charge in [0.1, 0.15) is 11.0 Å². The molecule has 3 aromatic rings. The van der Waals surface area contributed by atoms with Crippen LogP contribution in [0.4, 0.5) is 0 Å². The van der Waals surface area contributed by atoms with Crippen LogP contribution in [-0.4, -0.2) is 44.7 Å². The highest BCUT2D eigenvalue weighted by Crippen LogP contribution is 2.31. The number of nitrogens with zero attached hydrogens (tertiary/aromatic N) is 1. The predicted molar refractivity (Wildman–Crippen MR) is 115 cm³/mol. The molecule has 6 heteroatoms. The lowest BCUT2D eigenvalue weighted by atomic mass is 9.89. The summed E-state index contributed by atoms with van der Waals surface area (Å²) in [6.07, 6.45) is 0. The summed E-state index contributed by atoms with van der Waals surface area (Å²) in [6.45, 7) is 0.396. The largest absolute Gasteiger partial charge is 0.497 e. The SMILES string of the molecule is COc1ccc(S(=O)(=O)C2CN(C(=O)C(c3ccccc3)c3ccccc3)C2)cc1. The van der Waals surface area contributed by atoms with Gasteiger partial charge in [-0.25, -0.2) is 8.42 Å². The van der Waals surface area contributed by atoms with Crippen LogP contribution in [0.1, 0.15) is 17.0 Å². The molecular formula is C24H23NO4S. The maximum Gasteiger partial charge on any atom is 0.234 e. The highest BCUT2D eigenvalue weighted by Gasteiger charge is 2.42. The molecule has 4 rings (SSSR count). The van der Waals surface area contributed by atoms with Crippen LogP contribution in [0.25, 0.3) is 0 Å². The molecular weight excluding hydrogens is 398 g/mol. The Kier molecular flexibility index (Phi) is 5.59. The third kappa shape index (κ3) is 3.83. The minimum absolute atomic E-state index is 0.0754. The Balaban J connectivity index is 1.53. The third-order valence-electron chi connectivity index (χ3n) is 5.50. The highest BCUT2D eigenvalue weighted by molar-refractivity contribution is 7.92. The van der Waals surface area contributed by atoms with Crippen molar-refractivity contribution in [3.8, 4) is 5.75 Å². The van der Waals surface area contributed by atoms with Gasteiger partial charge in [-0.05, 0) is 35.4 Å². The minimum atomic E-state index is -3.50. The molecule has 1 aliphatic heterocycles. The quantitative estimate of drug-likeness (QED) is 0.611. The first-order chi connectivity index (χ1) is 14.5. The predicted octanol–water partition coefficient (Wildman–Crippen LogP) is 3.51. The van der Waals surface area contributed by atoms with Gasteiger partial charge in [0.15, 0.2) is 9.84 Å². The van der Waals surface area contributed by atoms with Crippen molar-refractivity contribution in [2.45, 2.75) is 16.1 Å². The van der Waals surface area contributed by atoms with E-state index in [4.69, 9.17) is 4.74 Å². The van der Waals surface area contributed by atoms with E-state index in [1.807, 2.05) is 60.7 Å². The first kappa shape index (κ1) is 20.2. The zero-order valence-corrected chi connectivity index (χ0v) is 17.5. The first-order valence-electron chi connectivity index (χ1n) is 9.77. The van der Waals surface area contributed by atoms with E-state index in [9.17, 15) is 13.2 Å². The van der Waals surface area contributed by atoms with E-state index in [0.29, 0.717) is 5.75 Å². The standard InChI is InChI=1S/C24H23NO4S/c1-29-20-12-14-21(15-13-20)30(27,28)22-16-25(17-22)24(26)23(18-8-4-2-5-9-18)19-10-6-3-7-11-19/h2-15,22-23H,16-17H2,1H3. The van der Waals surface area contributed by atoms with Crippen molar-refractivity contribution < 1.29 is 17.9 Å². The molecule has 1 heterocycles. The molecule has 0 radical (unpaired) electrons. The fourth-order valence-electron chi connectivity index (χ4n) is 3.72. The molecule has 0 atom stereocenters. The van der Waals surface area contributed by atoms with E-state index >= 15 is 0 Å². The highest BCUT2D eigenvalue weighted by atomic mass is 32.2. The lowest BCUT2D eigenvalue weighted by Crippen LogP contribution is -2.58. The molecule has 5 nitrogen and oxygen atoms in total. The van der Waals surface area contributed by atoms with Crippen LogP contribution in [0.3, 0.4) is 0 Å². The summed E-state index contributed by atoms with van der Waals surface area (Å²) in [5, 5.41) is -0.595. The number of amides is 1. The van der Waals surface area contributed by atoms with E-state index in [1.165, 1.54) is 7.11 Å². The number of rotatable bonds is 6. The van der Waals surface area contributed by atoms with Crippen molar-refractivity contribution in [1.29, 1.82) is 0 Å². The zero-order valence-electron chi connectivity index (χ0n) is 16.6. The minimum Gasteiger partial charge on any atom is -0.497 e. The second-order valence-electron chi connectivity index (χ2n) is 7.34. The number of benzene rings is 3. The van der Waals surface area contributed by atoms with Crippen molar-refractivity contribution in [2.24, 2.45) is 0 Å². The van der Waals surface area contributed by atoms with Gasteiger partial charge >= 0.3 is 0 Å². The summed E-state index contributed by atoms with van der Waals surface area (Å²) in [6, 6.07) is 25.6. The van der Waals surface area contributed by atoms with Crippen molar-refractivity contribution in [1.82, 2.24) is 4.90 Å². The van der Waals surface area contributed by atoms with Crippen LogP contribution in [0, 0.1) is 0 Å². The Morgan fingerprint density at radius 2 is 1.37 bits per heavy atom. The summed E-state index contributed by atoms with van der Waals surface area (Å²) in [7, 11) is -1.96. The second kappa shape index (κ2) is 8.32. The molecule has 0 bridgehead atoms. The van der Waals surface area contributed by atoms with E-state index < -0.39 is 21.0 Å². The van der Waals surface area contributed by atoms with Crippen molar-refractivity contribution >= 4 is 15.7 Å². The molecule has 0 unspecified atom stereocenters. The van der Waals surface area contributed by atoms with Gasteiger partial charge in [0.2, 0.25) is 5.91 Å². The molecule has 1 aliphatic rings. The molecule has 1 saturated heterocycles. The summed E-state index contributed by atoms with van der Waals surface area (Å²) in [5.74, 6) is 0.0820. The van der Waals surface area contributed by atoms with Crippen molar-refractivity contribution in [2.75, 3.05) is 20.2 Å². The van der Waals surface area contributed by atoms with E-state index in [-0.39, 0.29) is 23.9 Å². The van der Waals surface area contributed by atoms with Gasteiger partial charge in [-0.3, -0.25) is 4.79 Å². The molecule has 0 saturated carbocycles. The number of carbonyl (C=O) groups is 1. The number of hydrogen-bond acceptors (Lipinski definition) is 4. The first-order valence-corrected chi connectivity index (χ1v) is 11.3. The number of methoxy groups -OCH3 is 1. The summed E-state index contributed by atoms with van der Waals surface area (Å²) >= 11 is 0. The Labute approximate surface area is 176 Å². The topological polar surface area (TPSA) is 63.7 Å². The van der Waals surface area contributed by atoms with Crippen molar-refractivity contribution in [3.63, 3.8) is 0 Å². The van der Waals surface area contributed by atoms with E-state index in [2.05, 4.69) is 0 Å². The smallest absolute Gasteiger partial charge is 0.234 e. The molecule has 30 heavy (non-hydrogen) atoms. The number of sulfone groups is 1.